The van der Waals surface area contributed by atoms with Crippen LogP contribution in [0.2, 0.25) is 0 Å². The number of aromatic nitrogens is 1. The maximum Gasteiger partial charge on any atom is 0.158 e. The van der Waals surface area contributed by atoms with Gasteiger partial charge in [0.05, 0.1) is 23.6 Å². The summed E-state index contributed by atoms with van der Waals surface area (Å²) in [7, 11) is -3.31. The standard InChI is InChI=1S/C19H19NO3S/c1-14-10-17(18-4-2-3-5-19(18)20-14)13-24(22,23)12-16-8-6-15(11-21)7-9-16/h2-10,21H,11-13H2,1H3. The van der Waals surface area contributed by atoms with E-state index in [0.717, 1.165) is 33.3 Å². The molecular formula is C19H19NO3S. The summed E-state index contributed by atoms with van der Waals surface area (Å²) in [5, 5.41) is 9.94. The van der Waals surface area contributed by atoms with E-state index in [4.69, 9.17) is 5.11 Å². The fraction of sp³-hybridized carbons (Fsp3) is 0.211. The predicted octanol–water partition coefficient (Wildman–Crippen LogP) is 3.15. The summed E-state index contributed by atoms with van der Waals surface area (Å²) in [5.41, 5.74) is 3.90. The van der Waals surface area contributed by atoms with Crippen LogP contribution >= 0.6 is 0 Å². The Bertz CT molecular complexity index is 964. The molecule has 3 aromatic rings. The lowest BCUT2D eigenvalue weighted by atomic mass is 10.1. The minimum atomic E-state index is -3.31. The molecule has 3 rings (SSSR count). The Balaban J connectivity index is 1.89. The van der Waals surface area contributed by atoms with Gasteiger partial charge in [0.1, 0.15) is 0 Å². The van der Waals surface area contributed by atoms with Gasteiger partial charge in [-0.15, -0.1) is 0 Å². The normalized spacial score (nSPS) is 11.8. The van der Waals surface area contributed by atoms with Gasteiger partial charge in [0.15, 0.2) is 9.84 Å². The largest absolute Gasteiger partial charge is 0.392 e. The average Bonchev–Trinajstić information content (AvgIpc) is 2.54. The Hall–Kier alpha value is -2.24. The number of hydrogen-bond acceptors (Lipinski definition) is 4. The quantitative estimate of drug-likeness (QED) is 0.774. The number of aliphatic hydroxyl groups excluding tert-OH is 1. The van der Waals surface area contributed by atoms with E-state index >= 15 is 0 Å². The van der Waals surface area contributed by atoms with Crippen LogP contribution in [-0.4, -0.2) is 18.5 Å². The van der Waals surface area contributed by atoms with E-state index in [1.807, 2.05) is 37.3 Å². The fourth-order valence-electron chi connectivity index (χ4n) is 2.80. The van der Waals surface area contributed by atoms with E-state index in [9.17, 15) is 8.42 Å². The van der Waals surface area contributed by atoms with Gasteiger partial charge in [-0.2, -0.15) is 0 Å². The Morgan fingerprint density at radius 1 is 0.958 bits per heavy atom. The molecular weight excluding hydrogens is 322 g/mol. The summed E-state index contributed by atoms with van der Waals surface area (Å²) >= 11 is 0. The second-order valence-corrected chi connectivity index (χ2v) is 8.01. The second-order valence-electron chi connectivity index (χ2n) is 5.95. The number of para-hydroxylation sites is 1. The van der Waals surface area contributed by atoms with E-state index in [0.29, 0.717) is 0 Å². The highest BCUT2D eigenvalue weighted by molar-refractivity contribution is 7.89. The first-order valence-electron chi connectivity index (χ1n) is 7.71. The zero-order valence-corrected chi connectivity index (χ0v) is 14.3. The van der Waals surface area contributed by atoms with Gasteiger partial charge in [-0.05, 0) is 35.7 Å². The third-order valence-corrected chi connectivity index (χ3v) is 5.42. The fourth-order valence-corrected chi connectivity index (χ4v) is 4.31. The first-order chi connectivity index (χ1) is 11.5. The molecule has 0 aliphatic rings. The van der Waals surface area contributed by atoms with Crippen LogP contribution in [0.25, 0.3) is 10.9 Å². The van der Waals surface area contributed by atoms with Crippen LogP contribution in [0.3, 0.4) is 0 Å². The number of rotatable bonds is 5. The van der Waals surface area contributed by atoms with E-state index in [-0.39, 0.29) is 18.1 Å². The van der Waals surface area contributed by atoms with Crippen molar-refractivity contribution in [2.75, 3.05) is 0 Å². The molecule has 4 nitrogen and oxygen atoms in total. The van der Waals surface area contributed by atoms with Crippen molar-refractivity contribution in [3.63, 3.8) is 0 Å². The Kier molecular flexibility index (Phi) is 4.64. The molecule has 2 aromatic carbocycles. The number of fused-ring (bicyclic) bond motifs is 1. The van der Waals surface area contributed by atoms with Crippen molar-refractivity contribution in [1.82, 2.24) is 4.98 Å². The van der Waals surface area contributed by atoms with Crippen molar-refractivity contribution in [1.29, 1.82) is 0 Å². The SMILES string of the molecule is Cc1cc(CS(=O)(=O)Cc2ccc(CO)cc2)c2ccccc2n1. The lowest BCUT2D eigenvalue weighted by Crippen LogP contribution is -2.08. The molecule has 0 atom stereocenters. The summed E-state index contributed by atoms with van der Waals surface area (Å²) in [4.78, 5) is 4.45. The van der Waals surface area contributed by atoms with E-state index in [2.05, 4.69) is 4.98 Å². The van der Waals surface area contributed by atoms with E-state index < -0.39 is 9.84 Å². The molecule has 24 heavy (non-hydrogen) atoms. The first-order valence-corrected chi connectivity index (χ1v) is 9.53. The predicted molar refractivity (Wildman–Crippen MR) is 95.2 cm³/mol. The number of hydrogen-bond donors (Lipinski definition) is 1. The molecule has 0 aliphatic carbocycles. The van der Waals surface area contributed by atoms with Crippen molar-refractivity contribution in [3.8, 4) is 0 Å². The number of sulfone groups is 1. The number of aliphatic hydroxyl groups is 1. The lowest BCUT2D eigenvalue weighted by molar-refractivity contribution is 0.282. The molecule has 0 aliphatic heterocycles. The topological polar surface area (TPSA) is 67.3 Å². The maximum atomic E-state index is 12.6. The number of aryl methyl sites for hydroxylation is 1. The van der Waals surface area contributed by atoms with Crippen molar-refractivity contribution in [2.24, 2.45) is 0 Å². The Morgan fingerprint density at radius 2 is 1.62 bits per heavy atom. The molecule has 0 radical (unpaired) electrons. The van der Waals surface area contributed by atoms with Gasteiger partial charge in [0.25, 0.3) is 0 Å². The van der Waals surface area contributed by atoms with Crippen LogP contribution in [0.1, 0.15) is 22.4 Å². The van der Waals surface area contributed by atoms with Crippen LogP contribution in [0, 0.1) is 6.92 Å². The van der Waals surface area contributed by atoms with Gasteiger partial charge in [-0.3, -0.25) is 4.98 Å². The molecule has 0 amide bonds. The van der Waals surface area contributed by atoms with Crippen molar-refractivity contribution in [3.05, 3.63) is 77.0 Å². The molecule has 0 spiro atoms. The third kappa shape index (κ3) is 3.80. The minimum absolute atomic E-state index is 0.0153. The highest BCUT2D eigenvalue weighted by Crippen LogP contribution is 2.22. The van der Waals surface area contributed by atoms with E-state index in [1.54, 1.807) is 24.3 Å². The maximum absolute atomic E-state index is 12.6. The molecule has 5 heteroatoms. The molecule has 1 N–H and O–H groups in total. The van der Waals surface area contributed by atoms with Crippen molar-refractivity contribution in [2.45, 2.75) is 25.0 Å². The van der Waals surface area contributed by atoms with Gasteiger partial charge in [-0.1, -0.05) is 42.5 Å². The zero-order chi connectivity index (χ0) is 17.2. The highest BCUT2D eigenvalue weighted by Gasteiger charge is 2.16. The summed E-state index contributed by atoms with van der Waals surface area (Å²) < 4.78 is 25.2. The van der Waals surface area contributed by atoms with Crippen molar-refractivity contribution >= 4 is 20.7 Å². The third-order valence-electron chi connectivity index (χ3n) is 3.90. The summed E-state index contributed by atoms with van der Waals surface area (Å²) in [5.74, 6) is -0.0347. The number of nitrogens with zero attached hydrogens (tertiary/aromatic N) is 1. The van der Waals surface area contributed by atoms with Crippen LogP contribution in [0.15, 0.2) is 54.6 Å². The van der Waals surface area contributed by atoms with Crippen LogP contribution in [-0.2, 0) is 27.9 Å². The number of benzene rings is 2. The van der Waals surface area contributed by atoms with Gasteiger partial charge >= 0.3 is 0 Å². The van der Waals surface area contributed by atoms with Crippen LogP contribution < -0.4 is 0 Å². The summed E-state index contributed by atoms with van der Waals surface area (Å²) in [6.45, 7) is 1.82. The van der Waals surface area contributed by atoms with Crippen LogP contribution in [0.5, 0.6) is 0 Å². The molecule has 1 heterocycles. The summed E-state index contributed by atoms with van der Waals surface area (Å²) in [6.07, 6.45) is 0. The van der Waals surface area contributed by atoms with Gasteiger partial charge < -0.3 is 5.11 Å². The molecule has 0 unspecified atom stereocenters. The molecule has 1 aromatic heterocycles. The lowest BCUT2D eigenvalue weighted by Gasteiger charge is -2.09. The average molecular weight is 341 g/mol. The van der Waals surface area contributed by atoms with Gasteiger partial charge in [0.2, 0.25) is 0 Å². The molecule has 124 valence electrons. The van der Waals surface area contributed by atoms with Gasteiger partial charge in [-0.25, -0.2) is 8.42 Å². The molecule has 0 saturated carbocycles. The highest BCUT2D eigenvalue weighted by atomic mass is 32.2. The zero-order valence-electron chi connectivity index (χ0n) is 13.4. The van der Waals surface area contributed by atoms with Gasteiger partial charge in [0, 0.05) is 11.1 Å². The monoisotopic (exact) mass is 341 g/mol. The van der Waals surface area contributed by atoms with E-state index in [1.165, 1.54) is 0 Å². The first kappa shape index (κ1) is 16.6. The second kappa shape index (κ2) is 6.71. The molecule has 0 bridgehead atoms. The Labute approximate surface area is 141 Å². The summed E-state index contributed by atoms with van der Waals surface area (Å²) in [6, 6.07) is 16.4. The van der Waals surface area contributed by atoms with Crippen LogP contribution in [0.4, 0.5) is 0 Å². The smallest absolute Gasteiger partial charge is 0.158 e. The number of pyridine rings is 1. The Morgan fingerprint density at radius 3 is 2.33 bits per heavy atom. The molecule has 0 saturated heterocycles. The molecule has 0 fully saturated rings. The minimum Gasteiger partial charge on any atom is -0.392 e. The van der Waals surface area contributed by atoms with Crippen molar-refractivity contribution < 1.29 is 13.5 Å².